The molecule has 2 aliphatic heterocycles. The maximum Gasteiger partial charge on any atom is 0.518 e. The Morgan fingerprint density at radius 1 is 1.21 bits per heavy atom. The molecule has 5 rings (SSSR count). The minimum Gasteiger partial charge on any atom is -0.435 e. The number of sulfone groups is 1. The van der Waals surface area contributed by atoms with Crippen molar-refractivity contribution in [1.82, 2.24) is 14.7 Å². The van der Waals surface area contributed by atoms with E-state index in [4.69, 9.17) is 0 Å². The lowest BCUT2D eigenvalue weighted by Crippen LogP contribution is -2.61. The number of thiophene rings is 1. The molecule has 0 bridgehead atoms. The zero-order valence-electron chi connectivity index (χ0n) is 22.1. The number of H-pyrrole nitrogens is 1. The zero-order valence-corrected chi connectivity index (χ0v) is 24.5. The van der Waals surface area contributed by atoms with Crippen molar-refractivity contribution < 1.29 is 31.2 Å². The molecule has 1 fully saturated rings. The molecule has 0 spiro atoms. The van der Waals surface area contributed by atoms with E-state index in [9.17, 15) is 26.7 Å². The zero-order chi connectivity index (χ0) is 28.2. The van der Waals surface area contributed by atoms with E-state index in [0.717, 1.165) is 51.3 Å². The van der Waals surface area contributed by atoms with E-state index >= 15 is 0 Å². The fourth-order valence-corrected chi connectivity index (χ4v) is 9.55. The second kappa shape index (κ2) is 9.81. The van der Waals surface area contributed by atoms with Gasteiger partial charge in [-0.25, -0.2) is 26.5 Å². The molecule has 0 aliphatic carbocycles. The molecule has 3 N–H and O–H groups in total. The van der Waals surface area contributed by atoms with E-state index in [0.29, 0.717) is 12.2 Å². The Labute approximate surface area is 232 Å². The van der Waals surface area contributed by atoms with Gasteiger partial charge >= 0.3 is 6.09 Å². The molecule has 2 aliphatic rings. The third kappa shape index (κ3) is 5.30. The second-order valence-electron chi connectivity index (χ2n) is 11.3. The number of quaternary nitrogens is 1. The molecule has 1 saturated heterocycles. The van der Waals surface area contributed by atoms with Crippen LogP contribution < -0.4 is 4.72 Å². The average Bonchev–Trinajstić information content (AvgIpc) is 3.53. The maximum atomic E-state index is 13.1. The molecule has 1 amide bonds. The van der Waals surface area contributed by atoms with Crippen LogP contribution in [-0.4, -0.2) is 72.1 Å². The predicted octanol–water partition coefficient (Wildman–Crippen LogP) is 4.57. The number of carboxylic acid groups (broad SMARTS) is 1. The Morgan fingerprint density at radius 2 is 1.92 bits per heavy atom. The number of aromatic amines is 1. The van der Waals surface area contributed by atoms with Crippen molar-refractivity contribution in [3.63, 3.8) is 0 Å². The van der Waals surface area contributed by atoms with E-state index in [2.05, 4.69) is 14.7 Å². The first-order chi connectivity index (χ1) is 18.2. The smallest absolute Gasteiger partial charge is 0.435 e. The van der Waals surface area contributed by atoms with Gasteiger partial charge in [-0.2, -0.15) is 9.28 Å². The topological polar surface area (TPSA) is 146 Å². The summed E-state index contributed by atoms with van der Waals surface area (Å²) in [5.41, 5.74) is 2.65. The van der Waals surface area contributed by atoms with Gasteiger partial charge in [0.15, 0.2) is 0 Å². The number of nitrogens with one attached hydrogen (secondary N) is 2. The van der Waals surface area contributed by atoms with Crippen LogP contribution in [0.1, 0.15) is 52.1 Å². The van der Waals surface area contributed by atoms with Crippen molar-refractivity contribution in [3.05, 3.63) is 42.4 Å². The number of fused-ring (bicyclic) bond motifs is 1. The van der Waals surface area contributed by atoms with Crippen LogP contribution in [0.5, 0.6) is 0 Å². The molecule has 13 heteroatoms. The van der Waals surface area contributed by atoms with E-state index in [1.807, 2.05) is 39.1 Å². The van der Waals surface area contributed by atoms with E-state index in [1.165, 1.54) is 0 Å². The molecule has 0 saturated carbocycles. The third-order valence-electron chi connectivity index (χ3n) is 7.74. The van der Waals surface area contributed by atoms with Crippen LogP contribution in [0.15, 0.2) is 40.9 Å². The number of carbonyl (C=O) groups is 1. The maximum absolute atomic E-state index is 13.1. The molecule has 5 heterocycles. The van der Waals surface area contributed by atoms with Crippen molar-refractivity contribution in [2.45, 2.75) is 62.2 Å². The molecule has 0 radical (unpaired) electrons. The van der Waals surface area contributed by atoms with E-state index in [1.54, 1.807) is 18.3 Å². The molecular weight excluding hydrogens is 561 g/mol. The van der Waals surface area contributed by atoms with Crippen LogP contribution in [0.25, 0.3) is 27.0 Å². The predicted molar refractivity (Wildman–Crippen MR) is 152 cm³/mol. The van der Waals surface area contributed by atoms with Crippen LogP contribution in [0.4, 0.5) is 4.79 Å². The van der Waals surface area contributed by atoms with Gasteiger partial charge in [0, 0.05) is 45.8 Å². The lowest BCUT2D eigenvalue weighted by Gasteiger charge is -2.43. The molecular formula is C26H33N4O6S3+. The van der Waals surface area contributed by atoms with Crippen molar-refractivity contribution in [1.29, 1.82) is 0 Å². The summed E-state index contributed by atoms with van der Waals surface area (Å²) in [6.07, 6.45) is 4.62. The van der Waals surface area contributed by atoms with Gasteiger partial charge in [-0.15, -0.1) is 11.3 Å². The third-order valence-corrected chi connectivity index (χ3v) is 12.6. The van der Waals surface area contributed by atoms with Crippen LogP contribution in [0, 0.1) is 0 Å². The molecule has 3 aromatic rings. The normalized spacial score (nSPS) is 22.6. The first-order valence-corrected chi connectivity index (χ1v) is 17.0. The van der Waals surface area contributed by atoms with Gasteiger partial charge in [0.2, 0.25) is 10.0 Å². The van der Waals surface area contributed by atoms with Gasteiger partial charge in [0.1, 0.15) is 31.4 Å². The first-order valence-electron chi connectivity index (χ1n) is 12.8. The first kappa shape index (κ1) is 28.0. The summed E-state index contributed by atoms with van der Waals surface area (Å²) in [5.74, 6) is -0.0291. The van der Waals surface area contributed by atoms with Crippen LogP contribution in [-0.2, 0) is 19.9 Å². The van der Waals surface area contributed by atoms with Crippen LogP contribution >= 0.6 is 11.3 Å². The van der Waals surface area contributed by atoms with E-state index < -0.39 is 37.5 Å². The van der Waals surface area contributed by atoms with Crippen molar-refractivity contribution >= 4 is 53.9 Å². The lowest BCUT2D eigenvalue weighted by atomic mass is 9.95. The molecule has 0 aromatic carbocycles. The number of amides is 1. The van der Waals surface area contributed by atoms with Gasteiger partial charge in [0.05, 0.1) is 18.1 Å². The van der Waals surface area contributed by atoms with E-state index in [-0.39, 0.29) is 33.0 Å². The molecule has 39 heavy (non-hydrogen) atoms. The Balaban J connectivity index is 1.46. The number of rotatable bonds is 5. The Kier molecular flexibility index (Phi) is 7.03. The highest BCUT2D eigenvalue weighted by molar-refractivity contribution is 7.92. The molecule has 10 nitrogen and oxygen atoms in total. The standard InChI is InChI=1S/C26H32N4O6S3/c1-26(2,3)30(25(31)32)12-4-5-17(16-30)21-15-20-19(8-11-27-24(20)28-21)22-6-7-23(37-22)39(35,36)29-18-9-13-38(33,34)14-10-18/h6-8,11,15-16,18,29H,4-5,9-10,12-14H2,1-3H3,(H-,27,28,31,32)/p+1. The summed E-state index contributed by atoms with van der Waals surface area (Å²) >= 11 is 1.14. The Hall–Kier alpha value is -2.58. The number of hydrogen-bond acceptors (Lipinski definition) is 7. The molecule has 1 atom stereocenters. The van der Waals surface area contributed by atoms with Gasteiger partial charge in [-0.1, -0.05) is 0 Å². The highest BCUT2D eigenvalue weighted by Crippen LogP contribution is 2.39. The van der Waals surface area contributed by atoms with Crippen molar-refractivity contribution in [2.75, 3.05) is 18.1 Å². The average molecular weight is 594 g/mol. The number of sulfonamides is 1. The Morgan fingerprint density at radius 3 is 2.59 bits per heavy atom. The van der Waals surface area contributed by atoms with Gasteiger partial charge in [-0.3, -0.25) is 0 Å². The van der Waals surface area contributed by atoms with Crippen LogP contribution in [0.3, 0.4) is 0 Å². The lowest BCUT2D eigenvalue weighted by molar-refractivity contribution is -0.856. The monoisotopic (exact) mass is 593 g/mol. The SMILES string of the molecule is CC(C)(C)[N+]1(C(=O)O)C=C(c2cc3c(-c4ccc(S(=O)(=O)NC5CCS(=O)(=O)CC5)s4)ccnc3[nH]2)CCC1. The Bertz CT molecular complexity index is 1670. The second-order valence-corrected chi connectivity index (χ2v) is 16.6. The van der Waals surface area contributed by atoms with Crippen molar-refractivity contribution in [2.24, 2.45) is 0 Å². The van der Waals surface area contributed by atoms with Crippen LogP contribution in [0.2, 0.25) is 0 Å². The minimum atomic E-state index is -3.80. The highest BCUT2D eigenvalue weighted by Gasteiger charge is 2.48. The quantitative estimate of drug-likeness (QED) is 0.367. The van der Waals surface area contributed by atoms with Gasteiger partial charge in [0.25, 0.3) is 0 Å². The van der Waals surface area contributed by atoms with Gasteiger partial charge < -0.3 is 10.1 Å². The summed E-state index contributed by atoms with van der Waals surface area (Å²) in [4.78, 5) is 20.9. The number of hydrogen-bond donors (Lipinski definition) is 3. The van der Waals surface area contributed by atoms with Crippen molar-refractivity contribution in [3.8, 4) is 10.4 Å². The number of allylic oxidation sites excluding steroid dienone is 1. The number of aromatic nitrogens is 2. The summed E-state index contributed by atoms with van der Waals surface area (Å²) in [5, 5.41) is 11.0. The minimum absolute atomic E-state index is 0.0145. The largest absolute Gasteiger partial charge is 0.518 e. The fourth-order valence-electron chi connectivity index (χ4n) is 5.39. The summed E-state index contributed by atoms with van der Waals surface area (Å²) in [6.45, 7) is 6.31. The number of pyridine rings is 1. The number of nitrogens with zero attached hydrogens (tertiary/aromatic N) is 2. The van der Waals surface area contributed by atoms with Gasteiger partial charge in [-0.05, 0) is 64.3 Å². The fraction of sp³-hybridized carbons (Fsp3) is 0.462. The molecule has 210 valence electrons. The molecule has 1 unspecified atom stereocenters. The molecule has 3 aromatic heterocycles. The highest BCUT2D eigenvalue weighted by atomic mass is 32.2. The summed E-state index contributed by atoms with van der Waals surface area (Å²) in [7, 11) is -6.89. The summed E-state index contributed by atoms with van der Waals surface area (Å²) < 4.78 is 52.2. The summed E-state index contributed by atoms with van der Waals surface area (Å²) in [6, 6.07) is 6.72.